The van der Waals surface area contributed by atoms with Crippen LogP contribution in [-0.2, 0) is 13.6 Å². The van der Waals surface area contributed by atoms with E-state index in [0.29, 0.717) is 16.4 Å². The van der Waals surface area contributed by atoms with Gasteiger partial charge in [-0.3, -0.25) is 9.58 Å². The van der Waals surface area contributed by atoms with Crippen molar-refractivity contribution in [1.82, 2.24) is 14.7 Å². The molecule has 7 nitrogen and oxygen atoms in total. The molecule has 2 amide bonds. The van der Waals surface area contributed by atoms with E-state index in [4.69, 9.17) is 16.0 Å². The van der Waals surface area contributed by atoms with Crippen LogP contribution in [0.2, 0.25) is 5.02 Å². The van der Waals surface area contributed by atoms with Gasteiger partial charge in [0.2, 0.25) is 0 Å². The first-order valence-corrected chi connectivity index (χ1v) is 11.9. The van der Waals surface area contributed by atoms with Gasteiger partial charge >= 0.3 is 6.03 Å². The number of benzene rings is 2. The number of rotatable bonds is 5. The Morgan fingerprint density at radius 3 is 2.55 bits per heavy atom. The largest absolute Gasteiger partial charge is 0.459 e. The summed E-state index contributed by atoms with van der Waals surface area (Å²) in [5, 5.41) is 11.7. The van der Waals surface area contributed by atoms with Crippen LogP contribution >= 0.6 is 27.5 Å². The summed E-state index contributed by atoms with van der Waals surface area (Å²) < 4.78 is 8.96. The second-order valence-electron chi connectivity index (χ2n) is 8.19. The Kier molecular flexibility index (Phi) is 6.14. The number of urea groups is 1. The molecule has 2 N–H and O–H groups in total. The van der Waals surface area contributed by atoms with E-state index in [2.05, 4.69) is 42.6 Å². The number of amides is 2. The topological polar surface area (TPSA) is 75.3 Å². The molecular formula is C24H23BrClN5O2. The normalized spacial score (nSPS) is 14.2. The van der Waals surface area contributed by atoms with Crippen LogP contribution in [0.15, 0.2) is 57.6 Å². The summed E-state index contributed by atoms with van der Waals surface area (Å²) in [4.78, 5) is 15.1. The summed E-state index contributed by atoms with van der Waals surface area (Å²) in [6.07, 6.45) is 4.21. The van der Waals surface area contributed by atoms with E-state index >= 15 is 0 Å². The van der Waals surface area contributed by atoms with Gasteiger partial charge in [0.1, 0.15) is 11.3 Å². The van der Waals surface area contributed by atoms with Gasteiger partial charge in [-0.2, -0.15) is 5.10 Å². The maximum absolute atomic E-state index is 12.7. The number of furan rings is 1. The average molecular weight is 529 g/mol. The molecule has 1 aliphatic heterocycles. The highest BCUT2D eigenvalue weighted by Crippen LogP contribution is 2.37. The van der Waals surface area contributed by atoms with Gasteiger partial charge in [0.15, 0.2) is 0 Å². The fraction of sp³-hybridized carbons (Fsp3) is 0.250. The van der Waals surface area contributed by atoms with Crippen molar-refractivity contribution in [2.75, 3.05) is 23.7 Å². The molecule has 0 saturated carbocycles. The van der Waals surface area contributed by atoms with Crippen LogP contribution < -0.4 is 10.6 Å². The van der Waals surface area contributed by atoms with Crippen LogP contribution in [0, 0.1) is 0 Å². The first-order chi connectivity index (χ1) is 16.0. The zero-order valence-corrected chi connectivity index (χ0v) is 20.4. The minimum Gasteiger partial charge on any atom is -0.459 e. The highest BCUT2D eigenvalue weighted by atomic mass is 79.9. The lowest BCUT2D eigenvalue weighted by atomic mass is 10.1. The van der Waals surface area contributed by atoms with Gasteiger partial charge < -0.3 is 15.1 Å². The van der Waals surface area contributed by atoms with Gasteiger partial charge in [-0.15, -0.1) is 0 Å². The van der Waals surface area contributed by atoms with Crippen LogP contribution in [-0.4, -0.2) is 33.8 Å². The molecule has 33 heavy (non-hydrogen) atoms. The number of carbonyl (C=O) groups excluding carboxylic acids is 1. The monoisotopic (exact) mass is 527 g/mol. The van der Waals surface area contributed by atoms with E-state index < -0.39 is 0 Å². The fourth-order valence-electron chi connectivity index (χ4n) is 4.23. The highest BCUT2D eigenvalue weighted by Gasteiger charge is 2.20. The Labute approximate surface area is 204 Å². The third-order valence-corrected chi connectivity index (χ3v) is 6.59. The molecule has 0 spiro atoms. The van der Waals surface area contributed by atoms with Crippen LogP contribution in [0.5, 0.6) is 0 Å². The van der Waals surface area contributed by atoms with Crippen molar-refractivity contribution in [2.45, 2.75) is 19.4 Å². The summed E-state index contributed by atoms with van der Waals surface area (Å²) in [6, 6.07) is 12.5. The van der Waals surface area contributed by atoms with Crippen molar-refractivity contribution in [3.63, 3.8) is 0 Å². The Hall–Kier alpha value is -2.81. The van der Waals surface area contributed by atoms with Gasteiger partial charge in [0, 0.05) is 34.4 Å². The number of aromatic nitrogens is 2. The fourth-order valence-corrected chi connectivity index (χ4v) is 4.92. The maximum Gasteiger partial charge on any atom is 0.323 e. The van der Waals surface area contributed by atoms with Crippen molar-refractivity contribution < 1.29 is 9.21 Å². The van der Waals surface area contributed by atoms with Crippen molar-refractivity contribution >= 4 is 55.9 Å². The molecule has 1 aliphatic rings. The van der Waals surface area contributed by atoms with Gasteiger partial charge in [-0.1, -0.05) is 11.6 Å². The van der Waals surface area contributed by atoms with Crippen molar-refractivity contribution in [3.05, 3.63) is 63.9 Å². The highest BCUT2D eigenvalue weighted by molar-refractivity contribution is 9.10. The molecule has 5 rings (SSSR count). The third kappa shape index (κ3) is 4.78. The minimum atomic E-state index is -0.340. The lowest BCUT2D eigenvalue weighted by Crippen LogP contribution is -2.19. The number of nitrogens with one attached hydrogen (secondary N) is 2. The number of anilines is 2. The molecule has 170 valence electrons. The standard InChI is InChI=1S/C24H23BrClN5O2/c1-30-22(21(25)13-27-30)20-12-18(29-24(32)28-17-6-4-16(26)5-7-17)10-15-11-19(33-23(15)20)14-31-8-2-3-9-31/h4-7,10-13H,2-3,8-9,14H2,1H3,(H2,28,29,32). The zero-order valence-electron chi connectivity index (χ0n) is 18.1. The van der Waals surface area contributed by atoms with E-state index in [1.165, 1.54) is 12.8 Å². The Morgan fingerprint density at radius 1 is 1.12 bits per heavy atom. The molecule has 0 bridgehead atoms. The van der Waals surface area contributed by atoms with Gasteiger partial charge in [-0.25, -0.2) is 4.79 Å². The summed E-state index contributed by atoms with van der Waals surface area (Å²) in [7, 11) is 1.88. The zero-order chi connectivity index (χ0) is 22.9. The van der Waals surface area contributed by atoms with Crippen LogP contribution in [0.25, 0.3) is 22.2 Å². The summed E-state index contributed by atoms with van der Waals surface area (Å²) in [5.41, 5.74) is 3.82. The van der Waals surface area contributed by atoms with Crippen LogP contribution in [0.1, 0.15) is 18.6 Å². The number of halogens is 2. The second kappa shape index (κ2) is 9.21. The minimum absolute atomic E-state index is 0.340. The Balaban J connectivity index is 1.49. The predicted octanol–water partition coefficient (Wildman–Crippen LogP) is 6.49. The average Bonchev–Trinajstić information content (AvgIpc) is 3.50. The summed E-state index contributed by atoms with van der Waals surface area (Å²) in [5.74, 6) is 0.911. The first kappa shape index (κ1) is 22.0. The van der Waals surface area contributed by atoms with E-state index in [1.807, 2.05) is 19.2 Å². The summed E-state index contributed by atoms with van der Waals surface area (Å²) in [6.45, 7) is 2.96. The number of nitrogens with zero attached hydrogens (tertiary/aromatic N) is 3. The lowest BCUT2D eigenvalue weighted by Gasteiger charge is -2.12. The first-order valence-electron chi connectivity index (χ1n) is 10.8. The molecule has 0 atom stereocenters. The van der Waals surface area contributed by atoms with Crippen LogP contribution in [0.4, 0.5) is 16.2 Å². The Bertz CT molecular complexity index is 1290. The maximum atomic E-state index is 12.7. The van der Waals surface area contributed by atoms with Crippen molar-refractivity contribution in [3.8, 4) is 11.3 Å². The molecule has 2 aromatic carbocycles. The number of hydrogen-bond acceptors (Lipinski definition) is 4. The molecule has 2 aromatic heterocycles. The van der Waals surface area contributed by atoms with E-state index in [1.54, 1.807) is 35.1 Å². The van der Waals surface area contributed by atoms with Crippen molar-refractivity contribution in [2.24, 2.45) is 7.05 Å². The molecule has 4 aromatic rings. The molecule has 9 heteroatoms. The predicted molar refractivity (Wildman–Crippen MR) is 135 cm³/mol. The number of hydrogen-bond donors (Lipinski definition) is 2. The van der Waals surface area contributed by atoms with E-state index in [9.17, 15) is 4.79 Å². The number of fused-ring (bicyclic) bond motifs is 1. The lowest BCUT2D eigenvalue weighted by molar-refractivity contribution is 0.262. The number of carbonyl (C=O) groups is 1. The van der Waals surface area contributed by atoms with E-state index in [0.717, 1.165) is 52.1 Å². The van der Waals surface area contributed by atoms with Crippen molar-refractivity contribution in [1.29, 1.82) is 0 Å². The molecule has 1 saturated heterocycles. The molecule has 1 fully saturated rings. The number of aryl methyl sites for hydroxylation is 1. The SMILES string of the molecule is Cn1ncc(Br)c1-c1cc(NC(=O)Nc2ccc(Cl)cc2)cc2cc(CN3CCCC3)oc12. The van der Waals surface area contributed by atoms with Gasteiger partial charge in [-0.05, 0) is 84.3 Å². The molecule has 0 unspecified atom stereocenters. The van der Waals surface area contributed by atoms with Crippen LogP contribution in [0.3, 0.4) is 0 Å². The smallest absolute Gasteiger partial charge is 0.323 e. The second-order valence-corrected chi connectivity index (χ2v) is 9.48. The molecule has 0 radical (unpaired) electrons. The summed E-state index contributed by atoms with van der Waals surface area (Å²) >= 11 is 9.53. The molecule has 3 heterocycles. The van der Waals surface area contributed by atoms with Gasteiger partial charge in [0.05, 0.1) is 22.9 Å². The third-order valence-electron chi connectivity index (χ3n) is 5.75. The molecule has 0 aliphatic carbocycles. The Morgan fingerprint density at radius 2 is 1.85 bits per heavy atom. The van der Waals surface area contributed by atoms with Gasteiger partial charge in [0.25, 0.3) is 0 Å². The molecular weight excluding hydrogens is 506 g/mol. The number of likely N-dealkylation sites (tertiary alicyclic amines) is 1. The quantitative estimate of drug-likeness (QED) is 0.310. The van der Waals surface area contributed by atoms with E-state index in [-0.39, 0.29) is 6.03 Å².